The molecule has 2 heterocycles. The Morgan fingerprint density at radius 3 is 2.41 bits per heavy atom. The fourth-order valence-corrected chi connectivity index (χ4v) is 2.24. The van der Waals surface area contributed by atoms with Crippen LogP contribution in [-0.4, -0.2) is 42.9 Å². The first-order valence-electron chi connectivity index (χ1n) is 5.66. The summed E-state index contributed by atoms with van der Waals surface area (Å²) >= 11 is 1.67. The monoisotopic (exact) mass is 251 g/mol. The minimum absolute atomic E-state index is 0.194. The summed E-state index contributed by atoms with van der Waals surface area (Å²) in [5.74, 6) is 0. The van der Waals surface area contributed by atoms with Gasteiger partial charge in [-0.1, -0.05) is 12.1 Å². The zero-order chi connectivity index (χ0) is 12.3. The molecule has 0 amide bonds. The van der Waals surface area contributed by atoms with Crippen molar-refractivity contribution in [3.63, 3.8) is 0 Å². The lowest BCUT2D eigenvalue weighted by molar-refractivity contribution is 0.0768. The highest BCUT2D eigenvalue weighted by molar-refractivity contribution is 7.98. The molecule has 0 spiro atoms. The standard InChI is InChI=1S/C8H8OS.C5H9NO/c1-10-8-4-2-7(6-9)3-5-8;1-5-4-6(5)2-3-7-5/h2-6H,1H3;2-4H2,1H3. The largest absolute Gasteiger partial charge is 0.358 e. The van der Waals surface area contributed by atoms with Crippen LogP contribution in [0.2, 0.25) is 0 Å². The SMILES string of the molecule is CC12CN1CCO2.CSc1ccc(C=O)cc1. The number of fused-ring (bicyclic) bond motifs is 1. The van der Waals surface area contributed by atoms with Crippen molar-refractivity contribution in [3.8, 4) is 0 Å². The lowest BCUT2D eigenvalue weighted by Gasteiger charge is -1.97. The fraction of sp³-hybridized carbons (Fsp3) is 0.462. The van der Waals surface area contributed by atoms with Gasteiger partial charge >= 0.3 is 0 Å². The molecular weight excluding hydrogens is 234 g/mol. The number of ether oxygens (including phenoxy) is 1. The molecule has 4 heteroatoms. The molecule has 17 heavy (non-hydrogen) atoms. The second-order valence-corrected chi connectivity index (χ2v) is 5.22. The van der Waals surface area contributed by atoms with Crippen molar-refractivity contribution >= 4 is 18.0 Å². The van der Waals surface area contributed by atoms with E-state index in [0.717, 1.165) is 31.5 Å². The van der Waals surface area contributed by atoms with Crippen LogP contribution in [0, 0.1) is 0 Å². The van der Waals surface area contributed by atoms with Crippen molar-refractivity contribution < 1.29 is 9.53 Å². The van der Waals surface area contributed by atoms with Gasteiger partial charge < -0.3 is 4.74 Å². The Morgan fingerprint density at radius 1 is 1.41 bits per heavy atom. The van der Waals surface area contributed by atoms with Gasteiger partial charge in [0.15, 0.2) is 0 Å². The summed E-state index contributed by atoms with van der Waals surface area (Å²) in [5, 5.41) is 0. The molecule has 2 saturated heterocycles. The molecule has 2 fully saturated rings. The van der Waals surface area contributed by atoms with Crippen LogP contribution in [0.3, 0.4) is 0 Å². The van der Waals surface area contributed by atoms with Crippen LogP contribution in [0.5, 0.6) is 0 Å². The van der Waals surface area contributed by atoms with Crippen molar-refractivity contribution in [1.29, 1.82) is 0 Å². The van der Waals surface area contributed by atoms with Crippen molar-refractivity contribution in [1.82, 2.24) is 4.90 Å². The normalized spacial score (nSPS) is 28.9. The van der Waals surface area contributed by atoms with Gasteiger partial charge in [0.2, 0.25) is 0 Å². The molecule has 0 aliphatic carbocycles. The van der Waals surface area contributed by atoms with Gasteiger partial charge in [-0.2, -0.15) is 0 Å². The van der Waals surface area contributed by atoms with Gasteiger partial charge in [0.25, 0.3) is 0 Å². The van der Waals surface area contributed by atoms with Crippen molar-refractivity contribution in [2.45, 2.75) is 17.5 Å². The molecule has 2 unspecified atom stereocenters. The zero-order valence-corrected chi connectivity index (χ0v) is 11.0. The molecule has 0 bridgehead atoms. The Bertz CT molecular complexity index is 391. The topological polar surface area (TPSA) is 29.3 Å². The average Bonchev–Trinajstić information content (AvgIpc) is 2.88. The van der Waals surface area contributed by atoms with Crippen molar-refractivity contribution in [2.24, 2.45) is 0 Å². The van der Waals surface area contributed by atoms with Gasteiger partial charge in [-0.15, -0.1) is 11.8 Å². The predicted molar refractivity (Wildman–Crippen MR) is 69.5 cm³/mol. The quantitative estimate of drug-likeness (QED) is 0.458. The van der Waals surface area contributed by atoms with E-state index in [9.17, 15) is 4.79 Å². The molecule has 92 valence electrons. The number of morpholine rings is 1. The van der Waals surface area contributed by atoms with Crippen LogP contribution in [0.4, 0.5) is 0 Å². The number of nitrogens with zero attached hydrogens (tertiary/aromatic N) is 1. The van der Waals surface area contributed by atoms with E-state index in [-0.39, 0.29) is 5.72 Å². The van der Waals surface area contributed by atoms with E-state index in [0.29, 0.717) is 0 Å². The molecule has 0 saturated carbocycles. The maximum atomic E-state index is 10.2. The molecule has 3 rings (SSSR count). The van der Waals surface area contributed by atoms with Gasteiger partial charge in [0, 0.05) is 23.5 Å². The molecule has 3 nitrogen and oxygen atoms in total. The van der Waals surface area contributed by atoms with E-state index in [2.05, 4.69) is 11.8 Å². The van der Waals surface area contributed by atoms with E-state index >= 15 is 0 Å². The summed E-state index contributed by atoms with van der Waals surface area (Å²) in [7, 11) is 0. The molecule has 1 aromatic carbocycles. The molecule has 2 aliphatic rings. The molecule has 0 radical (unpaired) electrons. The van der Waals surface area contributed by atoms with Crippen molar-refractivity contribution in [2.75, 3.05) is 26.0 Å². The highest BCUT2D eigenvalue weighted by Crippen LogP contribution is 2.36. The number of hydrogen-bond acceptors (Lipinski definition) is 4. The minimum Gasteiger partial charge on any atom is -0.358 e. The second-order valence-electron chi connectivity index (χ2n) is 4.34. The number of aldehydes is 1. The van der Waals surface area contributed by atoms with E-state index < -0.39 is 0 Å². The van der Waals surface area contributed by atoms with Gasteiger partial charge in [-0.3, -0.25) is 9.69 Å². The Balaban J connectivity index is 0.000000134. The number of hydrogen-bond donors (Lipinski definition) is 0. The van der Waals surface area contributed by atoms with Crippen LogP contribution < -0.4 is 0 Å². The number of carbonyl (C=O) groups excluding carboxylic acids is 1. The van der Waals surface area contributed by atoms with Crippen LogP contribution >= 0.6 is 11.8 Å². The second kappa shape index (κ2) is 5.21. The summed E-state index contributed by atoms with van der Waals surface area (Å²) in [6.45, 7) is 5.39. The van der Waals surface area contributed by atoms with Crippen LogP contribution in [-0.2, 0) is 4.74 Å². The average molecular weight is 251 g/mol. The lowest BCUT2D eigenvalue weighted by Crippen LogP contribution is -2.06. The minimum atomic E-state index is 0.194. The third-order valence-electron chi connectivity index (χ3n) is 3.08. The third kappa shape index (κ3) is 3.09. The Labute approximate surface area is 106 Å². The zero-order valence-electron chi connectivity index (χ0n) is 10.2. The smallest absolute Gasteiger partial charge is 0.150 e. The van der Waals surface area contributed by atoms with Crippen LogP contribution in [0.25, 0.3) is 0 Å². The Kier molecular flexibility index (Phi) is 3.86. The van der Waals surface area contributed by atoms with E-state index in [1.807, 2.05) is 30.5 Å². The first-order valence-corrected chi connectivity index (χ1v) is 6.89. The van der Waals surface area contributed by atoms with Gasteiger partial charge in [0.05, 0.1) is 6.61 Å². The molecule has 1 aromatic rings. The summed E-state index contributed by atoms with van der Waals surface area (Å²) < 4.78 is 5.34. The van der Waals surface area contributed by atoms with E-state index in [1.165, 1.54) is 4.90 Å². The molecule has 0 N–H and O–H groups in total. The third-order valence-corrected chi connectivity index (χ3v) is 3.82. The summed E-state index contributed by atoms with van der Waals surface area (Å²) in [6, 6.07) is 7.51. The van der Waals surface area contributed by atoms with Gasteiger partial charge in [-0.05, 0) is 25.3 Å². The Hall–Kier alpha value is -0.840. The molecule has 2 atom stereocenters. The Morgan fingerprint density at radius 2 is 2.12 bits per heavy atom. The fourth-order valence-electron chi connectivity index (χ4n) is 1.83. The van der Waals surface area contributed by atoms with Crippen molar-refractivity contribution in [3.05, 3.63) is 29.8 Å². The maximum Gasteiger partial charge on any atom is 0.150 e. The van der Waals surface area contributed by atoms with Crippen LogP contribution in [0.1, 0.15) is 17.3 Å². The first kappa shape index (κ1) is 12.6. The number of carbonyl (C=O) groups is 1. The molecule has 0 aromatic heterocycles. The summed E-state index contributed by atoms with van der Waals surface area (Å²) in [5.41, 5.74) is 0.929. The highest BCUT2D eigenvalue weighted by atomic mass is 32.2. The van der Waals surface area contributed by atoms with Gasteiger partial charge in [-0.25, -0.2) is 0 Å². The maximum absolute atomic E-state index is 10.2. The molecular formula is C13H17NO2S. The van der Waals surface area contributed by atoms with E-state index in [4.69, 9.17) is 4.74 Å². The summed E-state index contributed by atoms with van der Waals surface area (Å²) in [6.07, 6.45) is 2.86. The number of benzene rings is 1. The van der Waals surface area contributed by atoms with E-state index in [1.54, 1.807) is 11.8 Å². The lowest BCUT2D eigenvalue weighted by atomic mass is 10.2. The summed E-state index contributed by atoms with van der Waals surface area (Å²) in [4.78, 5) is 13.7. The predicted octanol–water partition coefficient (Wildman–Crippen LogP) is 2.27. The van der Waals surface area contributed by atoms with Gasteiger partial charge in [0.1, 0.15) is 12.0 Å². The number of rotatable bonds is 2. The van der Waals surface area contributed by atoms with Crippen LogP contribution in [0.15, 0.2) is 29.2 Å². The molecule has 2 aliphatic heterocycles. The number of thioether (sulfide) groups is 1. The first-order chi connectivity index (χ1) is 8.18. The highest BCUT2D eigenvalue weighted by Gasteiger charge is 2.52.